The van der Waals surface area contributed by atoms with Gasteiger partial charge in [0.05, 0.1) is 0 Å². The Morgan fingerprint density at radius 1 is 1.54 bits per heavy atom. The number of aliphatic imine (C=N–C) groups is 2. The molecule has 8 heteroatoms. The van der Waals surface area contributed by atoms with Crippen LogP contribution in [0.15, 0.2) is 15.1 Å². The molecule has 72 valence electrons. The minimum atomic E-state index is -4.50. The van der Waals surface area contributed by atoms with E-state index in [-0.39, 0.29) is 5.84 Å². The fourth-order valence-electron chi connectivity index (χ4n) is 0.719. The standard InChI is InChI=1S/C5H4BrF3N4/c6-2-3(5(7,8)9)11-1-12-4(2)13-10/h1-2H,10H2/b13-4-. The first-order valence-electron chi connectivity index (χ1n) is 3.06. The molecular weight excluding hydrogens is 253 g/mol. The number of hydrazone groups is 1. The predicted octanol–water partition coefficient (Wildman–Crippen LogP) is 1.07. The smallest absolute Gasteiger partial charge is 0.321 e. The van der Waals surface area contributed by atoms with Crippen LogP contribution in [0.25, 0.3) is 0 Å². The van der Waals surface area contributed by atoms with Crippen LogP contribution in [0.4, 0.5) is 13.2 Å². The molecule has 0 aromatic carbocycles. The summed E-state index contributed by atoms with van der Waals surface area (Å²) in [6.07, 6.45) is -3.73. The van der Waals surface area contributed by atoms with Crippen molar-refractivity contribution in [2.24, 2.45) is 20.9 Å². The molecule has 0 bridgehead atoms. The van der Waals surface area contributed by atoms with Crippen LogP contribution in [0.2, 0.25) is 0 Å². The number of rotatable bonds is 0. The Kier molecular flexibility index (Phi) is 2.69. The van der Waals surface area contributed by atoms with Gasteiger partial charge in [0.1, 0.15) is 16.9 Å². The summed E-state index contributed by atoms with van der Waals surface area (Å²) in [5.41, 5.74) is -1.01. The van der Waals surface area contributed by atoms with Crippen LogP contribution in [0, 0.1) is 0 Å². The van der Waals surface area contributed by atoms with E-state index < -0.39 is 16.7 Å². The fraction of sp³-hybridized carbons (Fsp3) is 0.400. The molecule has 4 nitrogen and oxygen atoms in total. The maximum absolute atomic E-state index is 12.2. The third-order valence-corrected chi connectivity index (χ3v) is 2.12. The highest BCUT2D eigenvalue weighted by atomic mass is 79.9. The molecular formula is C5H4BrF3N4. The van der Waals surface area contributed by atoms with Crippen molar-refractivity contribution in [2.75, 3.05) is 0 Å². The molecule has 0 spiro atoms. The molecule has 0 radical (unpaired) electrons. The summed E-state index contributed by atoms with van der Waals surface area (Å²) in [6, 6.07) is 0. The third-order valence-electron chi connectivity index (χ3n) is 1.28. The minimum absolute atomic E-state index is 0.151. The van der Waals surface area contributed by atoms with Crippen molar-refractivity contribution >= 4 is 33.8 Å². The molecule has 0 aromatic heterocycles. The normalized spacial score (nSPS) is 26.3. The van der Waals surface area contributed by atoms with Gasteiger partial charge in [-0.15, -0.1) is 0 Å². The molecule has 0 aromatic rings. The van der Waals surface area contributed by atoms with Crippen molar-refractivity contribution in [3.8, 4) is 0 Å². The van der Waals surface area contributed by atoms with Crippen molar-refractivity contribution in [3.63, 3.8) is 0 Å². The van der Waals surface area contributed by atoms with Gasteiger partial charge in [-0.3, -0.25) is 0 Å². The molecule has 0 saturated heterocycles. The van der Waals surface area contributed by atoms with Gasteiger partial charge < -0.3 is 5.84 Å². The Hall–Kier alpha value is -0.920. The third kappa shape index (κ3) is 2.06. The zero-order chi connectivity index (χ0) is 10.1. The van der Waals surface area contributed by atoms with Crippen LogP contribution < -0.4 is 5.84 Å². The molecule has 0 fully saturated rings. The fourth-order valence-corrected chi connectivity index (χ4v) is 1.33. The van der Waals surface area contributed by atoms with E-state index in [1.807, 2.05) is 0 Å². The SMILES string of the molecule is N/N=C1\N=CN=C(C(F)(F)F)C1Br. The number of hydrogen-bond donors (Lipinski definition) is 1. The van der Waals surface area contributed by atoms with E-state index in [9.17, 15) is 13.2 Å². The summed E-state index contributed by atoms with van der Waals surface area (Å²) in [5, 5.41) is 3.08. The summed E-state index contributed by atoms with van der Waals surface area (Å²) < 4.78 is 36.5. The molecule has 1 aliphatic heterocycles. The molecule has 2 N–H and O–H groups in total. The number of nitrogens with two attached hydrogens (primary N) is 1. The minimum Gasteiger partial charge on any atom is -0.321 e. The molecule has 0 saturated carbocycles. The molecule has 13 heavy (non-hydrogen) atoms. The molecule has 0 aliphatic carbocycles. The number of hydrogen-bond acceptors (Lipinski definition) is 3. The van der Waals surface area contributed by atoms with Gasteiger partial charge in [0.2, 0.25) is 0 Å². The molecule has 1 aliphatic rings. The van der Waals surface area contributed by atoms with Gasteiger partial charge in [-0.1, -0.05) is 15.9 Å². The van der Waals surface area contributed by atoms with E-state index in [1.54, 1.807) is 0 Å². The monoisotopic (exact) mass is 256 g/mol. The van der Waals surface area contributed by atoms with Crippen LogP contribution in [-0.4, -0.2) is 28.9 Å². The first kappa shape index (κ1) is 10.2. The summed E-state index contributed by atoms with van der Waals surface area (Å²) in [6.45, 7) is 0. The quantitative estimate of drug-likeness (QED) is 0.393. The van der Waals surface area contributed by atoms with E-state index in [0.717, 1.165) is 6.34 Å². The topological polar surface area (TPSA) is 63.1 Å². The van der Waals surface area contributed by atoms with Crippen molar-refractivity contribution in [3.05, 3.63) is 0 Å². The number of nitrogens with zero attached hydrogens (tertiary/aromatic N) is 3. The Bertz CT molecular complexity index is 293. The van der Waals surface area contributed by atoms with Crippen molar-refractivity contribution < 1.29 is 13.2 Å². The lowest BCUT2D eigenvalue weighted by Gasteiger charge is -2.16. The van der Waals surface area contributed by atoms with Gasteiger partial charge in [-0.25, -0.2) is 9.98 Å². The van der Waals surface area contributed by atoms with Crippen LogP contribution in [0.5, 0.6) is 0 Å². The van der Waals surface area contributed by atoms with E-state index in [2.05, 4.69) is 31.0 Å². The van der Waals surface area contributed by atoms with Gasteiger partial charge in [0.25, 0.3) is 0 Å². The Morgan fingerprint density at radius 2 is 2.15 bits per heavy atom. The van der Waals surface area contributed by atoms with Crippen molar-refractivity contribution in [1.29, 1.82) is 0 Å². The second kappa shape index (κ2) is 3.44. The largest absolute Gasteiger partial charge is 0.431 e. The number of amidine groups is 1. The lowest BCUT2D eigenvalue weighted by Crippen LogP contribution is -2.38. The van der Waals surface area contributed by atoms with Crippen molar-refractivity contribution in [1.82, 2.24) is 0 Å². The maximum atomic E-state index is 12.2. The van der Waals surface area contributed by atoms with Gasteiger partial charge in [-0.2, -0.15) is 18.3 Å². The second-order valence-corrected chi connectivity index (χ2v) is 3.02. The van der Waals surface area contributed by atoms with Crippen molar-refractivity contribution in [2.45, 2.75) is 11.0 Å². The Morgan fingerprint density at radius 3 is 2.62 bits per heavy atom. The highest BCUT2D eigenvalue weighted by Gasteiger charge is 2.42. The molecule has 1 unspecified atom stereocenters. The Balaban J connectivity index is 3.01. The summed E-state index contributed by atoms with van der Waals surface area (Å²) in [5.74, 6) is 4.67. The van der Waals surface area contributed by atoms with Gasteiger partial charge in [-0.05, 0) is 0 Å². The second-order valence-electron chi connectivity index (χ2n) is 2.11. The highest BCUT2D eigenvalue weighted by molar-refractivity contribution is 9.10. The van der Waals surface area contributed by atoms with E-state index in [0.29, 0.717) is 0 Å². The lowest BCUT2D eigenvalue weighted by molar-refractivity contribution is -0.0593. The molecule has 1 rings (SSSR count). The first-order valence-corrected chi connectivity index (χ1v) is 3.97. The maximum Gasteiger partial charge on any atom is 0.431 e. The average molecular weight is 257 g/mol. The average Bonchev–Trinajstić information content (AvgIpc) is 2.02. The van der Waals surface area contributed by atoms with Crippen LogP contribution in [0.1, 0.15) is 0 Å². The van der Waals surface area contributed by atoms with E-state index in [4.69, 9.17) is 5.84 Å². The molecule has 0 amide bonds. The van der Waals surface area contributed by atoms with Gasteiger partial charge >= 0.3 is 6.18 Å². The van der Waals surface area contributed by atoms with Crippen LogP contribution >= 0.6 is 15.9 Å². The van der Waals surface area contributed by atoms with Gasteiger partial charge in [0, 0.05) is 0 Å². The summed E-state index contributed by atoms with van der Waals surface area (Å²) in [7, 11) is 0. The summed E-state index contributed by atoms with van der Waals surface area (Å²) in [4.78, 5) is 5.36. The number of alkyl halides is 4. The zero-order valence-corrected chi connectivity index (χ0v) is 7.67. The first-order chi connectivity index (χ1) is 5.96. The summed E-state index contributed by atoms with van der Waals surface area (Å²) >= 11 is 2.74. The Labute approximate surface area is 79.6 Å². The lowest BCUT2D eigenvalue weighted by atomic mass is 10.2. The highest BCUT2D eigenvalue weighted by Crippen LogP contribution is 2.25. The van der Waals surface area contributed by atoms with E-state index >= 15 is 0 Å². The zero-order valence-electron chi connectivity index (χ0n) is 6.09. The van der Waals surface area contributed by atoms with Crippen LogP contribution in [-0.2, 0) is 0 Å². The molecule has 1 heterocycles. The van der Waals surface area contributed by atoms with E-state index in [1.165, 1.54) is 0 Å². The molecule has 1 atom stereocenters. The number of halogens is 4. The predicted molar refractivity (Wildman–Crippen MR) is 46.3 cm³/mol. The van der Waals surface area contributed by atoms with Crippen LogP contribution in [0.3, 0.4) is 0 Å². The van der Waals surface area contributed by atoms with Gasteiger partial charge in [0.15, 0.2) is 5.84 Å².